The first-order chi connectivity index (χ1) is 10.9. The zero-order chi connectivity index (χ0) is 17.0. The van der Waals surface area contributed by atoms with Crippen LogP contribution in [-0.2, 0) is 17.1 Å². The average Bonchev–Trinajstić information content (AvgIpc) is 2.98. The van der Waals surface area contributed by atoms with Crippen molar-refractivity contribution in [1.82, 2.24) is 9.29 Å². The summed E-state index contributed by atoms with van der Waals surface area (Å²) in [5, 5.41) is 10.1. The molecular weight excluding hydrogens is 320 g/mol. The number of aliphatic hydroxyl groups excluding tert-OH is 1. The van der Waals surface area contributed by atoms with Gasteiger partial charge in [-0.05, 0) is 24.3 Å². The molecule has 0 saturated heterocycles. The van der Waals surface area contributed by atoms with Gasteiger partial charge in [0.1, 0.15) is 22.5 Å². The largest absolute Gasteiger partial charge is 0.497 e. The Morgan fingerprint density at radius 2 is 2.00 bits per heavy atom. The molecule has 0 spiro atoms. The standard InChI is InChI=1S/C15H20N2O5S/c1-17-8-4-5-12(17)13(18)10-16-23(19,20)15-9-11(21-2)6-7-14(15)22-3/h4-9,13,16,18H,10H2,1-3H3. The van der Waals surface area contributed by atoms with Crippen molar-refractivity contribution in [2.75, 3.05) is 20.8 Å². The Kier molecular flexibility index (Phi) is 5.30. The van der Waals surface area contributed by atoms with Gasteiger partial charge in [-0.3, -0.25) is 0 Å². The van der Waals surface area contributed by atoms with E-state index in [4.69, 9.17) is 9.47 Å². The maximum Gasteiger partial charge on any atom is 0.244 e. The van der Waals surface area contributed by atoms with Gasteiger partial charge in [0, 0.05) is 31.5 Å². The number of sulfonamides is 1. The van der Waals surface area contributed by atoms with Crippen LogP contribution < -0.4 is 14.2 Å². The monoisotopic (exact) mass is 340 g/mol. The Morgan fingerprint density at radius 1 is 1.26 bits per heavy atom. The highest BCUT2D eigenvalue weighted by atomic mass is 32.2. The van der Waals surface area contributed by atoms with Gasteiger partial charge in [-0.25, -0.2) is 13.1 Å². The first-order valence-electron chi connectivity index (χ1n) is 6.90. The summed E-state index contributed by atoms with van der Waals surface area (Å²) in [6.45, 7) is -0.152. The molecule has 1 unspecified atom stereocenters. The lowest BCUT2D eigenvalue weighted by Gasteiger charge is -2.15. The SMILES string of the molecule is COc1ccc(OC)c(S(=O)(=O)NCC(O)c2cccn2C)c1. The fourth-order valence-corrected chi connectivity index (χ4v) is 3.41. The third-order valence-corrected chi connectivity index (χ3v) is 4.90. The van der Waals surface area contributed by atoms with Crippen LogP contribution in [0.4, 0.5) is 0 Å². The van der Waals surface area contributed by atoms with Crippen LogP contribution in [-0.4, -0.2) is 38.9 Å². The summed E-state index contributed by atoms with van der Waals surface area (Å²) >= 11 is 0. The lowest BCUT2D eigenvalue weighted by Crippen LogP contribution is -2.29. The van der Waals surface area contributed by atoms with Gasteiger partial charge in [-0.15, -0.1) is 0 Å². The van der Waals surface area contributed by atoms with Crippen LogP contribution in [0.1, 0.15) is 11.8 Å². The van der Waals surface area contributed by atoms with Crippen molar-refractivity contribution in [1.29, 1.82) is 0 Å². The van der Waals surface area contributed by atoms with E-state index in [9.17, 15) is 13.5 Å². The maximum atomic E-state index is 12.5. The van der Waals surface area contributed by atoms with Gasteiger partial charge in [-0.2, -0.15) is 0 Å². The number of hydrogen-bond acceptors (Lipinski definition) is 5. The number of nitrogens with zero attached hydrogens (tertiary/aromatic N) is 1. The molecule has 0 radical (unpaired) electrons. The van der Waals surface area contributed by atoms with Gasteiger partial charge in [0.05, 0.1) is 14.2 Å². The number of ether oxygens (including phenoxy) is 2. The summed E-state index contributed by atoms with van der Waals surface area (Å²) in [4.78, 5) is -0.0431. The summed E-state index contributed by atoms with van der Waals surface area (Å²) in [7, 11) is 0.755. The molecule has 2 N–H and O–H groups in total. The van der Waals surface area contributed by atoms with E-state index in [1.807, 2.05) is 0 Å². The van der Waals surface area contributed by atoms with Crippen molar-refractivity contribution >= 4 is 10.0 Å². The number of methoxy groups -OCH3 is 2. The molecule has 0 fully saturated rings. The number of aliphatic hydroxyl groups is 1. The van der Waals surface area contributed by atoms with Crippen LogP contribution in [0.15, 0.2) is 41.4 Å². The summed E-state index contributed by atoms with van der Waals surface area (Å²) in [5.74, 6) is 0.598. The van der Waals surface area contributed by atoms with E-state index in [1.165, 1.54) is 26.4 Å². The van der Waals surface area contributed by atoms with Crippen LogP contribution in [0.25, 0.3) is 0 Å². The van der Waals surface area contributed by atoms with E-state index >= 15 is 0 Å². The van der Waals surface area contributed by atoms with Gasteiger partial charge in [-0.1, -0.05) is 0 Å². The van der Waals surface area contributed by atoms with E-state index in [2.05, 4.69) is 4.72 Å². The third-order valence-electron chi connectivity index (χ3n) is 3.45. The fraction of sp³-hybridized carbons (Fsp3) is 0.333. The number of rotatable bonds is 7. The summed E-state index contributed by atoms with van der Waals surface area (Å²) in [6.07, 6.45) is 0.819. The molecule has 0 bridgehead atoms. The number of aromatic nitrogens is 1. The van der Waals surface area contributed by atoms with Crippen LogP contribution in [0.3, 0.4) is 0 Å². The quantitative estimate of drug-likeness (QED) is 0.786. The van der Waals surface area contributed by atoms with Gasteiger partial charge >= 0.3 is 0 Å². The number of hydrogen-bond donors (Lipinski definition) is 2. The Bertz CT molecular complexity index is 770. The molecule has 0 amide bonds. The van der Waals surface area contributed by atoms with Crippen LogP contribution in [0.2, 0.25) is 0 Å². The van der Waals surface area contributed by atoms with Gasteiger partial charge in [0.15, 0.2) is 0 Å². The predicted octanol–water partition coefficient (Wildman–Crippen LogP) is 1.05. The first kappa shape index (κ1) is 17.3. The molecule has 7 nitrogen and oxygen atoms in total. The molecule has 1 aromatic carbocycles. The highest BCUT2D eigenvalue weighted by Crippen LogP contribution is 2.28. The minimum atomic E-state index is -3.86. The van der Waals surface area contributed by atoms with Crippen molar-refractivity contribution in [3.05, 3.63) is 42.2 Å². The molecule has 126 valence electrons. The van der Waals surface area contributed by atoms with E-state index in [0.29, 0.717) is 11.4 Å². The minimum absolute atomic E-state index is 0.0431. The maximum absolute atomic E-state index is 12.5. The average molecular weight is 340 g/mol. The summed E-state index contributed by atoms with van der Waals surface area (Å²) in [6, 6.07) is 8.00. The van der Waals surface area contributed by atoms with Gasteiger partial charge in [0.2, 0.25) is 10.0 Å². The minimum Gasteiger partial charge on any atom is -0.497 e. The van der Waals surface area contributed by atoms with Crippen molar-refractivity contribution in [2.45, 2.75) is 11.0 Å². The Morgan fingerprint density at radius 3 is 2.57 bits per heavy atom. The third kappa shape index (κ3) is 3.84. The highest BCUT2D eigenvalue weighted by molar-refractivity contribution is 7.89. The molecule has 2 aromatic rings. The summed E-state index contributed by atoms with van der Waals surface area (Å²) < 4.78 is 39.2. The zero-order valence-electron chi connectivity index (χ0n) is 13.2. The Hall–Kier alpha value is -2.03. The van der Waals surface area contributed by atoms with Crippen LogP contribution in [0, 0.1) is 0 Å². The normalized spacial score (nSPS) is 12.9. The summed E-state index contributed by atoms with van der Waals surface area (Å²) in [5.41, 5.74) is 0.616. The van der Waals surface area contributed by atoms with Crippen LogP contribution >= 0.6 is 0 Å². The molecule has 1 atom stereocenters. The lowest BCUT2D eigenvalue weighted by molar-refractivity contribution is 0.173. The van der Waals surface area contributed by atoms with Crippen molar-refractivity contribution in [3.63, 3.8) is 0 Å². The van der Waals surface area contributed by atoms with Gasteiger partial charge in [0.25, 0.3) is 0 Å². The zero-order valence-corrected chi connectivity index (χ0v) is 14.0. The first-order valence-corrected chi connectivity index (χ1v) is 8.38. The Labute approximate surface area is 135 Å². The molecule has 0 aliphatic carbocycles. The molecule has 8 heteroatoms. The van der Waals surface area contributed by atoms with E-state index in [0.717, 1.165) is 0 Å². The molecule has 0 aliphatic heterocycles. The molecule has 2 rings (SSSR count). The number of nitrogens with one attached hydrogen (secondary N) is 1. The van der Waals surface area contributed by atoms with E-state index in [1.54, 1.807) is 36.0 Å². The molecule has 0 aliphatic rings. The van der Waals surface area contributed by atoms with E-state index in [-0.39, 0.29) is 17.2 Å². The second-order valence-electron chi connectivity index (χ2n) is 4.93. The Balaban J connectivity index is 2.20. The van der Waals surface area contributed by atoms with Crippen LogP contribution in [0.5, 0.6) is 11.5 Å². The number of benzene rings is 1. The number of aryl methyl sites for hydroxylation is 1. The van der Waals surface area contributed by atoms with Gasteiger partial charge < -0.3 is 19.1 Å². The highest BCUT2D eigenvalue weighted by Gasteiger charge is 2.22. The second-order valence-corrected chi connectivity index (χ2v) is 6.66. The smallest absolute Gasteiger partial charge is 0.244 e. The second kappa shape index (κ2) is 7.03. The molecular formula is C15H20N2O5S. The molecule has 1 heterocycles. The van der Waals surface area contributed by atoms with E-state index < -0.39 is 16.1 Å². The lowest BCUT2D eigenvalue weighted by atomic mass is 10.2. The van der Waals surface area contributed by atoms with Crippen molar-refractivity contribution in [3.8, 4) is 11.5 Å². The van der Waals surface area contributed by atoms with Crippen molar-refractivity contribution < 1.29 is 23.0 Å². The molecule has 1 aromatic heterocycles. The fourth-order valence-electron chi connectivity index (χ4n) is 2.19. The predicted molar refractivity (Wildman–Crippen MR) is 85.1 cm³/mol. The topological polar surface area (TPSA) is 89.8 Å². The molecule has 23 heavy (non-hydrogen) atoms. The van der Waals surface area contributed by atoms with Crippen molar-refractivity contribution in [2.24, 2.45) is 7.05 Å². The molecule has 0 saturated carbocycles.